The largest absolute Gasteiger partial charge is 0.494 e. The van der Waals surface area contributed by atoms with Gasteiger partial charge < -0.3 is 15.8 Å². The molecule has 0 fully saturated rings. The standard InChI is InChI=1S/C19H22N2O3/c1-2-24-16-11-7-6-8-14(16)12-13-17(22)21-18(19(20)23)15-9-4-3-5-10-15/h3-11,18H,2,12-13H2,1H3,(H2,20,23)(H,21,22)/t18-/m0/s1. The molecule has 0 bridgehead atoms. The normalized spacial score (nSPS) is 11.5. The van der Waals surface area contributed by atoms with Crippen LogP contribution in [0.2, 0.25) is 0 Å². The van der Waals surface area contributed by atoms with Crippen molar-refractivity contribution in [1.82, 2.24) is 5.32 Å². The van der Waals surface area contributed by atoms with Crippen LogP contribution in [0.1, 0.15) is 30.5 Å². The number of nitrogens with one attached hydrogen (secondary N) is 1. The summed E-state index contributed by atoms with van der Waals surface area (Å²) in [5, 5.41) is 2.70. The monoisotopic (exact) mass is 326 g/mol. The Morgan fingerprint density at radius 3 is 2.42 bits per heavy atom. The third-order valence-electron chi connectivity index (χ3n) is 3.62. The summed E-state index contributed by atoms with van der Waals surface area (Å²) in [4.78, 5) is 23.9. The highest BCUT2D eigenvalue weighted by molar-refractivity contribution is 5.87. The maximum Gasteiger partial charge on any atom is 0.244 e. The van der Waals surface area contributed by atoms with E-state index in [0.29, 0.717) is 18.6 Å². The van der Waals surface area contributed by atoms with Gasteiger partial charge in [-0.25, -0.2) is 0 Å². The maximum atomic E-state index is 12.2. The summed E-state index contributed by atoms with van der Waals surface area (Å²) in [7, 11) is 0. The summed E-state index contributed by atoms with van der Waals surface area (Å²) in [6, 6.07) is 15.8. The van der Waals surface area contributed by atoms with E-state index in [9.17, 15) is 9.59 Å². The molecular formula is C19H22N2O3. The molecule has 2 aromatic rings. The van der Waals surface area contributed by atoms with Gasteiger partial charge in [-0.05, 0) is 30.5 Å². The first-order chi connectivity index (χ1) is 11.6. The Labute approximate surface area is 141 Å². The zero-order valence-corrected chi connectivity index (χ0v) is 13.7. The van der Waals surface area contributed by atoms with Gasteiger partial charge in [0.1, 0.15) is 11.8 Å². The fourth-order valence-corrected chi connectivity index (χ4v) is 2.45. The smallest absolute Gasteiger partial charge is 0.244 e. The van der Waals surface area contributed by atoms with E-state index in [-0.39, 0.29) is 12.3 Å². The van der Waals surface area contributed by atoms with Gasteiger partial charge in [-0.3, -0.25) is 9.59 Å². The van der Waals surface area contributed by atoms with E-state index in [1.54, 1.807) is 24.3 Å². The topological polar surface area (TPSA) is 81.4 Å². The van der Waals surface area contributed by atoms with Gasteiger partial charge in [0.05, 0.1) is 6.61 Å². The molecule has 0 aliphatic carbocycles. The van der Waals surface area contributed by atoms with Crippen LogP contribution in [-0.2, 0) is 16.0 Å². The van der Waals surface area contributed by atoms with E-state index in [4.69, 9.17) is 10.5 Å². The summed E-state index contributed by atoms with van der Waals surface area (Å²) in [6.45, 7) is 2.49. The average molecular weight is 326 g/mol. The van der Waals surface area contributed by atoms with Crippen molar-refractivity contribution < 1.29 is 14.3 Å². The average Bonchev–Trinajstić information content (AvgIpc) is 2.59. The Balaban J connectivity index is 1.98. The number of amides is 2. The summed E-state index contributed by atoms with van der Waals surface area (Å²) in [5.74, 6) is -0.0273. The number of para-hydroxylation sites is 1. The molecule has 0 unspecified atom stereocenters. The second-order valence-electron chi connectivity index (χ2n) is 5.35. The number of ether oxygens (including phenoxy) is 1. The van der Waals surface area contributed by atoms with Crippen molar-refractivity contribution in [3.63, 3.8) is 0 Å². The van der Waals surface area contributed by atoms with E-state index in [2.05, 4.69) is 5.32 Å². The van der Waals surface area contributed by atoms with E-state index >= 15 is 0 Å². The van der Waals surface area contributed by atoms with Gasteiger partial charge in [-0.15, -0.1) is 0 Å². The molecular weight excluding hydrogens is 304 g/mol. The van der Waals surface area contributed by atoms with E-state index in [0.717, 1.165) is 11.3 Å². The number of hydrogen-bond donors (Lipinski definition) is 2. The number of nitrogens with two attached hydrogens (primary N) is 1. The molecule has 1 atom stereocenters. The van der Waals surface area contributed by atoms with Crippen LogP contribution in [0.5, 0.6) is 5.75 Å². The van der Waals surface area contributed by atoms with Crippen molar-refractivity contribution in [3.8, 4) is 5.75 Å². The van der Waals surface area contributed by atoms with Crippen LogP contribution in [-0.4, -0.2) is 18.4 Å². The first-order valence-corrected chi connectivity index (χ1v) is 7.96. The maximum absolute atomic E-state index is 12.2. The molecule has 0 saturated heterocycles. The summed E-state index contributed by atoms with van der Waals surface area (Å²) in [6.07, 6.45) is 0.781. The second-order valence-corrected chi connectivity index (χ2v) is 5.35. The molecule has 0 spiro atoms. The summed E-state index contributed by atoms with van der Waals surface area (Å²) in [5.41, 5.74) is 7.05. The van der Waals surface area contributed by atoms with Crippen LogP contribution >= 0.6 is 0 Å². The highest BCUT2D eigenvalue weighted by Crippen LogP contribution is 2.20. The van der Waals surface area contributed by atoms with Crippen molar-refractivity contribution in [2.75, 3.05) is 6.61 Å². The van der Waals surface area contributed by atoms with Crippen LogP contribution in [0.15, 0.2) is 54.6 Å². The summed E-state index contributed by atoms with van der Waals surface area (Å²) >= 11 is 0. The van der Waals surface area contributed by atoms with Gasteiger partial charge in [-0.1, -0.05) is 48.5 Å². The molecule has 2 rings (SSSR count). The number of aryl methyl sites for hydroxylation is 1. The molecule has 126 valence electrons. The van der Waals surface area contributed by atoms with Crippen molar-refractivity contribution in [2.45, 2.75) is 25.8 Å². The lowest BCUT2D eigenvalue weighted by atomic mass is 10.1. The number of rotatable bonds is 8. The minimum absolute atomic E-state index is 0.228. The zero-order valence-electron chi connectivity index (χ0n) is 13.7. The van der Waals surface area contributed by atoms with E-state index in [1.807, 2.05) is 37.3 Å². The fourth-order valence-electron chi connectivity index (χ4n) is 2.45. The molecule has 0 radical (unpaired) electrons. The molecule has 0 saturated carbocycles. The van der Waals surface area contributed by atoms with Crippen LogP contribution in [0, 0.1) is 0 Å². The molecule has 0 heterocycles. The Morgan fingerprint density at radius 1 is 1.08 bits per heavy atom. The highest BCUT2D eigenvalue weighted by Gasteiger charge is 2.19. The lowest BCUT2D eigenvalue weighted by molar-refractivity contribution is -0.127. The number of benzene rings is 2. The van der Waals surface area contributed by atoms with Gasteiger partial charge in [0.2, 0.25) is 11.8 Å². The minimum Gasteiger partial charge on any atom is -0.494 e. The van der Waals surface area contributed by atoms with Gasteiger partial charge in [0.15, 0.2) is 0 Å². The molecule has 3 N–H and O–H groups in total. The van der Waals surface area contributed by atoms with Gasteiger partial charge in [0.25, 0.3) is 0 Å². The molecule has 0 aromatic heterocycles. The zero-order chi connectivity index (χ0) is 17.4. The molecule has 24 heavy (non-hydrogen) atoms. The molecule has 0 aliphatic heterocycles. The van der Waals surface area contributed by atoms with Crippen LogP contribution in [0.3, 0.4) is 0 Å². The lowest BCUT2D eigenvalue weighted by Crippen LogP contribution is -2.37. The number of carbonyl (C=O) groups excluding carboxylic acids is 2. The highest BCUT2D eigenvalue weighted by atomic mass is 16.5. The van der Waals surface area contributed by atoms with Crippen LogP contribution in [0.25, 0.3) is 0 Å². The Kier molecular flexibility index (Phi) is 6.37. The van der Waals surface area contributed by atoms with Crippen molar-refractivity contribution in [1.29, 1.82) is 0 Å². The first-order valence-electron chi connectivity index (χ1n) is 7.96. The predicted molar refractivity (Wildman–Crippen MR) is 92.5 cm³/mol. The fraction of sp³-hybridized carbons (Fsp3) is 0.263. The second kappa shape index (κ2) is 8.72. The van der Waals surface area contributed by atoms with E-state index in [1.165, 1.54) is 0 Å². The first kappa shape index (κ1) is 17.5. The minimum atomic E-state index is -0.819. The Morgan fingerprint density at radius 2 is 1.75 bits per heavy atom. The van der Waals surface area contributed by atoms with Crippen molar-refractivity contribution in [2.24, 2.45) is 5.73 Å². The van der Waals surface area contributed by atoms with Crippen LogP contribution in [0.4, 0.5) is 0 Å². The van der Waals surface area contributed by atoms with Gasteiger partial charge in [0, 0.05) is 6.42 Å². The Bertz CT molecular complexity index is 686. The number of hydrogen-bond acceptors (Lipinski definition) is 3. The number of carbonyl (C=O) groups is 2. The molecule has 0 aliphatic rings. The quantitative estimate of drug-likeness (QED) is 0.781. The third-order valence-corrected chi connectivity index (χ3v) is 3.62. The van der Waals surface area contributed by atoms with E-state index < -0.39 is 11.9 Å². The van der Waals surface area contributed by atoms with Crippen LogP contribution < -0.4 is 15.8 Å². The molecule has 2 amide bonds. The predicted octanol–water partition coefficient (Wildman–Crippen LogP) is 2.36. The molecule has 5 heteroatoms. The summed E-state index contributed by atoms with van der Waals surface area (Å²) < 4.78 is 5.55. The number of primary amides is 1. The van der Waals surface area contributed by atoms with Gasteiger partial charge >= 0.3 is 0 Å². The van der Waals surface area contributed by atoms with Crippen molar-refractivity contribution in [3.05, 3.63) is 65.7 Å². The SMILES string of the molecule is CCOc1ccccc1CCC(=O)N[C@H](C(N)=O)c1ccccc1. The van der Waals surface area contributed by atoms with Gasteiger partial charge in [-0.2, -0.15) is 0 Å². The third kappa shape index (κ3) is 4.84. The molecule has 2 aromatic carbocycles. The lowest BCUT2D eigenvalue weighted by Gasteiger charge is -2.16. The molecule has 5 nitrogen and oxygen atoms in total. The Hall–Kier alpha value is -2.82. The van der Waals surface area contributed by atoms with Crippen molar-refractivity contribution >= 4 is 11.8 Å².